The maximum absolute atomic E-state index is 11.9. The number of fused-ring (bicyclic) bond motifs is 1. The number of halogens is 1. The van der Waals surface area contributed by atoms with Crippen LogP contribution in [0.25, 0.3) is 10.8 Å². The van der Waals surface area contributed by atoms with E-state index in [1.165, 1.54) is 12.5 Å². The summed E-state index contributed by atoms with van der Waals surface area (Å²) >= 11 is 3.38. The molecule has 3 rings (SSSR count). The predicted molar refractivity (Wildman–Crippen MR) is 92.7 cm³/mol. The van der Waals surface area contributed by atoms with Gasteiger partial charge in [-0.1, -0.05) is 46.3 Å². The van der Waals surface area contributed by atoms with Gasteiger partial charge >= 0.3 is 5.97 Å². The number of carbonyl (C=O) groups is 1. The summed E-state index contributed by atoms with van der Waals surface area (Å²) in [5.74, 6) is -0.371. The van der Waals surface area contributed by atoms with Gasteiger partial charge in [-0.05, 0) is 41.1 Å². The largest absolute Gasteiger partial charge is 0.465 e. The average Bonchev–Trinajstić information content (AvgIpc) is 2.55. The minimum atomic E-state index is -0.371. The van der Waals surface area contributed by atoms with E-state index in [1.807, 2.05) is 36.4 Å². The van der Waals surface area contributed by atoms with Crippen molar-refractivity contribution in [3.8, 4) is 0 Å². The number of carbonyl (C=O) groups excluding carboxylic acids is 1. The van der Waals surface area contributed by atoms with Crippen molar-refractivity contribution >= 4 is 44.0 Å². The van der Waals surface area contributed by atoms with Crippen LogP contribution in [0.4, 0.5) is 11.4 Å². The Bertz CT molecular complexity index is 845. The van der Waals surface area contributed by atoms with Crippen molar-refractivity contribution in [3.05, 3.63) is 70.7 Å². The second-order valence-electron chi connectivity index (χ2n) is 4.87. The Morgan fingerprint density at radius 3 is 2.55 bits per heavy atom. The molecular weight excluding hydrogens is 342 g/mol. The maximum atomic E-state index is 11.9. The van der Waals surface area contributed by atoms with Crippen LogP contribution in [-0.2, 0) is 4.74 Å². The molecule has 0 aromatic heterocycles. The third kappa shape index (κ3) is 2.97. The van der Waals surface area contributed by atoms with E-state index in [0.717, 1.165) is 15.5 Å². The Morgan fingerprint density at radius 1 is 1.00 bits per heavy atom. The minimum Gasteiger partial charge on any atom is -0.465 e. The van der Waals surface area contributed by atoms with Crippen LogP contribution in [-0.4, -0.2) is 13.1 Å². The summed E-state index contributed by atoms with van der Waals surface area (Å²) in [6, 6.07) is 19.7. The fourth-order valence-electron chi connectivity index (χ4n) is 2.33. The predicted octanol–water partition coefficient (Wildman–Crippen LogP) is 5.13. The molecule has 1 N–H and O–H groups in total. The van der Waals surface area contributed by atoms with E-state index in [9.17, 15) is 4.79 Å². The van der Waals surface area contributed by atoms with Crippen molar-refractivity contribution < 1.29 is 9.53 Å². The van der Waals surface area contributed by atoms with Gasteiger partial charge in [0.15, 0.2) is 0 Å². The van der Waals surface area contributed by atoms with Gasteiger partial charge in [0, 0.05) is 10.2 Å². The molecule has 0 aliphatic heterocycles. The van der Waals surface area contributed by atoms with Crippen LogP contribution in [0.3, 0.4) is 0 Å². The normalized spacial score (nSPS) is 10.5. The number of methoxy groups -OCH3 is 1. The Labute approximate surface area is 137 Å². The molecule has 0 radical (unpaired) electrons. The van der Waals surface area contributed by atoms with Gasteiger partial charge in [-0.2, -0.15) is 0 Å². The molecule has 22 heavy (non-hydrogen) atoms. The fraction of sp³-hybridized carbons (Fsp3) is 0.0556. The van der Waals surface area contributed by atoms with Crippen molar-refractivity contribution in [2.24, 2.45) is 0 Å². The van der Waals surface area contributed by atoms with Gasteiger partial charge in [0.05, 0.1) is 18.4 Å². The van der Waals surface area contributed by atoms with E-state index >= 15 is 0 Å². The van der Waals surface area contributed by atoms with E-state index in [0.29, 0.717) is 11.3 Å². The molecule has 3 aromatic carbocycles. The molecule has 0 amide bonds. The van der Waals surface area contributed by atoms with Crippen molar-refractivity contribution in [1.29, 1.82) is 0 Å². The zero-order valence-corrected chi connectivity index (χ0v) is 13.6. The number of ether oxygens (including phenoxy) is 1. The smallest absolute Gasteiger partial charge is 0.340 e. The van der Waals surface area contributed by atoms with E-state index in [4.69, 9.17) is 4.74 Å². The number of esters is 1. The SMILES string of the molecule is COC(=O)c1cc(Br)ccc1Nc1ccc2ccccc2c1. The lowest BCUT2D eigenvalue weighted by Crippen LogP contribution is -2.05. The summed E-state index contributed by atoms with van der Waals surface area (Å²) in [6.07, 6.45) is 0. The van der Waals surface area contributed by atoms with Crippen LogP contribution in [0, 0.1) is 0 Å². The lowest BCUT2D eigenvalue weighted by atomic mass is 10.1. The van der Waals surface area contributed by atoms with Gasteiger partial charge in [0.1, 0.15) is 0 Å². The topological polar surface area (TPSA) is 38.3 Å². The third-order valence-corrected chi connectivity index (χ3v) is 3.91. The van der Waals surface area contributed by atoms with Gasteiger partial charge < -0.3 is 10.1 Å². The maximum Gasteiger partial charge on any atom is 0.340 e. The van der Waals surface area contributed by atoms with Crippen LogP contribution in [0.2, 0.25) is 0 Å². The Morgan fingerprint density at radius 2 is 1.77 bits per heavy atom. The highest BCUT2D eigenvalue weighted by Gasteiger charge is 2.12. The number of nitrogens with one attached hydrogen (secondary N) is 1. The summed E-state index contributed by atoms with van der Waals surface area (Å²) in [6.45, 7) is 0. The second kappa shape index (κ2) is 6.20. The number of hydrogen-bond donors (Lipinski definition) is 1. The molecule has 3 aromatic rings. The van der Waals surface area contributed by atoms with Crippen molar-refractivity contribution in [2.45, 2.75) is 0 Å². The average molecular weight is 356 g/mol. The van der Waals surface area contributed by atoms with Crippen LogP contribution < -0.4 is 5.32 Å². The van der Waals surface area contributed by atoms with Crippen molar-refractivity contribution in [1.82, 2.24) is 0 Å². The number of hydrogen-bond acceptors (Lipinski definition) is 3. The van der Waals surface area contributed by atoms with Crippen LogP contribution in [0.5, 0.6) is 0 Å². The highest BCUT2D eigenvalue weighted by molar-refractivity contribution is 9.10. The van der Waals surface area contributed by atoms with E-state index in [2.05, 4.69) is 39.4 Å². The zero-order valence-electron chi connectivity index (χ0n) is 12.0. The molecule has 0 saturated heterocycles. The lowest BCUT2D eigenvalue weighted by molar-refractivity contribution is 0.0602. The molecule has 0 aliphatic rings. The molecule has 3 nitrogen and oxygen atoms in total. The van der Waals surface area contributed by atoms with E-state index in [-0.39, 0.29) is 5.97 Å². The molecule has 0 bridgehead atoms. The first kappa shape index (κ1) is 14.6. The molecule has 0 unspecified atom stereocenters. The fourth-order valence-corrected chi connectivity index (χ4v) is 2.69. The first-order valence-electron chi connectivity index (χ1n) is 6.81. The lowest BCUT2D eigenvalue weighted by Gasteiger charge is -2.12. The molecule has 0 saturated carbocycles. The molecule has 110 valence electrons. The standard InChI is InChI=1S/C18H14BrNO2/c1-22-18(21)16-11-14(19)7-9-17(16)20-15-8-6-12-4-2-3-5-13(12)10-15/h2-11,20H,1H3. The van der Waals surface area contributed by atoms with Gasteiger partial charge in [-0.3, -0.25) is 0 Å². The summed E-state index contributed by atoms with van der Waals surface area (Å²) in [4.78, 5) is 11.9. The number of rotatable bonds is 3. The zero-order chi connectivity index (χ0) is 15.5. The molecule has 0 fully saturated rings. The Hall–Kier alpha value is -2.33. The van der Waals surface area contributed by atoms with Gasteiger partial charge in [0.25, 0.3) is 0 Å². The molecule has 4 heteroatoms. The monoisotopic (exact) mass is 355 g/mol. The van der Waals surface area contributed by atoms with E-state index < -0.39 is 0 Å². The summed E-state index contributed by atoms with van der Waals surface area (Å²) in [5, 5.41) is 5.61. The molecule has 0 aliphatic carbocycles. The summed E-state index contributed by atoms with van der Waals surface area (Å²) in [5.41, 5.74) is 2.13. The van der Waals surface area contributed by atoms with Gasteiger partial charge in [-0.25, -0.2) is 4.79 Å². The number of benzene rings is 3. The quantitative estimate of drug-likeness (QED) is 0.661. The Kier molecular flexibility index (Phi) is 4.11. The highest BCUT2D eigenvalue weighted by Crippen LogP contribution is 2.27. The Balaban J connectivity index is 1.99. The van der Waals surface area contributed by atoms with Crippen molar-refractivity contribution in [2.75, 3.05) is 12.4 Å². The summed E-state index contributed by atoms with van der Waals surface area (Å²) < 4.78 is 5.67. The van der Waals surface area contributed by atoms with Gasteiger partial charge in [-0.15, -0.1) is 0 Å². The molecule has 0 atom stereocenters. The van der Waals surface area contributed by atoms with Crippen molar-refractivity contribution in [3.63, 3.8) is 0 Å². The van der Waals surface area contributed by atoms with Crippen LogP contribution in [0.1, 0.15) is 10.4 Å². The third-order valence-electron chi connectivity index (χ3n) is 3.42. The van der Waals surface area contributed by atoms with Crippen LogP contribution in [0.15, 0.2) is 65.1 Å². The minimum absolute atomic E-state index is 0.371. The number of anilines is 2. The van der Waals surface area contributed by atoms with E-state index in [1.54, 1.807) is 6.07 Å². The highest BCUT2D eigenvalue weighted by atomic mass is 79.9. The summed E-state index contributed by atoms with van der Waals surface area (Å²) in [7, 11) is 1.38. The van der Waals surface area contributed by atoms with Gasteiger partial charge in [0.2, 0.25) is 0 Å². The first-order valence-corrected chi connectivity index (χ1v) is 7.60. The molecule has 0 spiro atoms. The van der Waals surface area contributed by atoms with Crippen LogP contribution >= 0.6 is 15.9 Å². The molecular formula is C18H14BrNO2. The molecule has 0 heterocycles. The second-order valence-corrected chi connectivity index (χ2v) is 5.78. The first-order chi connectivity index (χ1) is 10.7.